The topological polar surface area (TPSA) is 13.1 Å². The normalized spacial score (nSPS) is 12.1. The summed E-state index contributed by atoms with van der Waals surface area (Å²) in [5.74, 6) is -4.94. The highest BCUT2D eigenvalue weighted by atomic mass is 32.1. The Labute approximate surface area is 660 Å². The molecule has 0 aliphatic heterocycles. The summed E-state index contributed by atoms with van der Waals surface area (Å²) in [7, 11) is 0. The van der Waals surface area contributed by atoms with Crippen LogP contribution in [0.25, 0.3) is 107 Å². The predicted molar refractivity (Wildman–Crippen MR) is 472 cm³/mol. The van der Waals surface area contributed by atoms with Gasteiger partial charge in [0.2, 0.25) is 0 Å². The molecule has 20 rings (SSSR count). The third-order valence-corrected chi connectivity index (χ3v) is 23.5. The first kappa shape index (κ1) is 77.0. The molecule has 18 aromatic rings. The van der Waals surface area contributed by atoms with Crippen LogP contribution in [-0.2, 0) is 5.41 Å². The third-order valence-electron chi connectivity index (χ3n) is 22.3. The molecule has 2 aliphatic rings. The molecule has 0 fully saturated rings. The number of aryl methyl sites for hydroxylation is 12. The molecule has 0 bridgehead atoms. The molecule has 0 amide bonds. The molecular weight excluding hydrogens is 1400 g/mol. The molecule has 0 saturated heterocycles. The van der Waals surface area contributed by atoms with Crippen molar-refractivity contribution in [2.24, 2.45) is 0 Å². The van der Waals surface area contributed by atoms with E-state index in [1.165, 1.54) is 191 Å². The molecule has 0 spiro atoms. The summed E-state index contributed by atoms with van der Waals surface area (Å²) >= 11 is 1.89. The minimum absolute atomic E-state index is 0.142. The zero-order valence-corrected chi connectivity index (χ0v) is 67.7. The van der Waals surface area contributed by atoms with Crippen molar-refractivity contribution in [3.8, 4) is 22.3 Å². The van der Waals surface area contributed by atoms with Gasteiger partial charge in [-0.3, -0.25) is 0 Å². The maximum atomic E-state index is 12.7. The summed E-state index contributed by atoms with van der Waals surface area (Å²) in [4.78, 5) is 0. The lowest BCUT2D eigenvalue weighted by molar-refractivity contribution is 0.436. The van der Waals surface area contributed by atoms with Crippen LogP contribution in [0.2, 0.25) is 0 Å². The van der Waals surface area contributed by atoms with E-state index in [9.17, 15) is 17.6 Å². The highest BCUT2D eigenvalue weighted by Gasteiger charge is 2.35. The van der Waals surface area contributed by atoms with Crippen LogP contribution in [0.3, 0.4) is 0 Å². The van der Waals surface area contributed by atoms with Crippen molar-refractivity contribution >= 4 is 96.5 Å². The van der Waals surface area contributed by atoms with Gasteiger partial charge in [-0.2, -0.15) is 0 Å². The van der Waals surface area contributed by atoms with Crippen molar-refractivity contribution < 1.29 is 22.0 Å². The zero-order valence-electron chi connectivity index (χ0n) is 66.9. The summed E-state index contributed by atoms with van der Waals surface area (Å²) in [6.45, 7) is 32.5. The Morgan fingerprint density at radius 1 is 0.259 bits per heavy atom. The number of furan rings is 1. The van der Waals surface area contributed by atoms with E-state index in [2.05, 4.69) is 370 Å². The lowest BCUT2D eigenvalue weighted by Crippen LogP contribution is -2.15. The van der Waals surface area contributed by atoms with Crippen LogP contribution < -0.4 is 0 Å². The van der Waals surface area contributed by atoms with Crippen LogP contribution >= 0.6 is 11.3 Å². The molecule has 6 heteroatoms. The summed E-state index contributed by atoms with van der Waals surface area (Å²) in [6, 6.07) is 99.3. The standard InChI is InChI=1S/C21H18.C17H18.2C16H14.C14H12O.C14H12S.C8H6F4/c1-14-8-10-17-19(12-14)20-13-15(2)9-11-18(20)21(17)16-6-4-3-5-7-16;1-11-5-7-13-14-8-6-12(2)10-16(14)17(3,4)15(13)9-11;1-11-3-7-15-13(9-11)5-6-14-10-12(2)4-8-16(14)15;1-11-13-7-3-5-9-15(13)12(2)16-10-6-4-8-14(11)16;2*1-9-3-5-11-12-6-4-10(2)8-14(12)15-13(11)7-9;1-3-5(9)7(11)4(2)8(12)6(3)10/h3-13,21H,1-2H3;5-10H,1-4H3;2*3-10H,1-2H3;2*3-8H,1-2H3;1-2H3. The molecule has 2 heterocycles. The fourth-order valence-corrected chi connectivity index (χ4v) is 17.5. The lowest BCUT2D eigenvalue weighted by atomic mass is 9.81. The van der Waals surface area contributed by atoms with Crippen molar-refractivity contribution in [1.82, 2.24) is 0 Å². The molecule has 16 aromatic carbocycles. The van der Waals surface area contributed by atoms with Gasteiger partial charge in [-0.25, -0.2) is 17.6 Å². The number of hydrogen-bond acceptors (Lipinski definition) is 2. The fraction of sp³-hybridized carbons (Fsp3) is 0.170. The molecule has 112 heavy (non-hydrogen) atoms. The van der Waals surface area contributed by atoms with Crippen molar-refractivity contribution in [2.75, 3.05) is 0 Å². The maximum Gasteiger partial charge on any atom is 0.165 e. The smallest absolute Gasteiger partial charge is 0.165 e. The summed E-state index contributed by atoms with van der Waals surface area (Å²) in [6.07, 6.45) is 0. The summed E-state index contributed by atoms with van der Waals surface area (Å²) in [5, 5.41) is 16.0. The van der Waals surface area contributed by atoms with E-state index in [-0.39, 0.29) is 5.41 Å². The van der Waals surface area contributed by atoms with E-state index in [0.717, 1.165) is 25.0 Å². The first-order chi connectivity index (χ1) is 53.7. The Balaban J connectivity index is 0.000000109. The predicted octanol–water partition coefficient (Wildman–Crippen LogP) is 31.0. The highest BCUT2D eigenvalue weighted by Crippen LogP contribution is 2.51. The average molecular weight is 1490 g/mol. The number of rotatable bonds is 1. The van der Waals surface area contributed by atoms with E-state index in [4.69, 9.17) is 4.42 Å². The van der Waals surface area contributed by atoms with E-state index < -0.39 is 34.4 Å². The Morgan fingerprint density at radius 2 is 0.562 bits per heavy atom. The van der Waals surface area contributed by atoms with Crippen LogP contribution in [0, 0.1) is 120 Å². The summed E-state index contributed by atoms with van der Waals surface area (Å²) in [5.41, 5.74) is 29.6. The minimum Gasteiger partial charge on any atom is -0.456 e. The second-order valence-corrected chi connectivity index (χ2v) is 32.4. The van der Waals surface area contributed by atoms with E-state index >= 15 is 0 Å². The maximum absolute atomic E-state index is 12.7. The van der Waals surface area contributed by atoms with Gasteiger partial charge in [0, 0.05) is 53.4 Å². The van der Waals surface area contributed by atoms with Gasteiger partial charge < -0.3 is 4.42 Å². The molecule has 0 N–H and O–H groups in total. The van der Waals surface area contributed by atoms with Gasteiger partial charge in [0.05, 0.1) is 0 Å². The molecule has 2 aromatic heterocycles. The number of fused-ring (bicyclic) bond motifs is 17. The van der Waals surface area contributed by atoms with Crippen LogP contribution in [0.5, 0.6) is 0 Å². The monoisotopic (exact) mass is 1490 g/mol. The van der Waals surface area contributed by atoms with Gasteiger partial charge >= 0.3 is 0 Å². The number of benzene rings is 16. The highest BCUT2D eigenvalue weighted by molar-refractivity contribution is 7.25. The van der Waals surface area contributed by atoms with E-state index in [1.54, 1.807) is 0 Å². The molecule has 0 atom stereocenters. The lowest BCUT2D eigenvalue weighted by Gasteiger charge is -2.22. The number of hydrogen-bond donors (Lipinski definition) is 0. The first-order valence-corrected chi connectivity index (χ1v) is 39.4. The van der Waals surface area contributed by atoms with Gasteiger partial charge in [0.15, 0.2) is 23.3 Å². The third kappa shape index (κ3) is 15.5. The van der Waals surface area contributed by atoms with Gasteiger partial charge in [-0.05, 0) is 248 Å². The largest absolute Gasteiger partial charge is 0.456 e. The Kier molecular flexibility index (Phi) is 22.0. The van der Waals surface area contributed by atoms with Crippen molar-refractivity contribution in [2.45, 2.75) is 122 Å². The summed E-state index contributed by atoms with van der Waals surface area (Å²) < 4.78 is 59.2. The SMILES string of the molecule is Cc1c(F)c(F)c(C)c(F)c1F.Cc1c2ccccc2c(C)c2ccccc12.Cc1ccc2c(c1)-c1cc(C)ccc1C2c1ccccc1.Cc1ccc2c(c1)C(C)(C)c1cc(C)ccc1-2.Cc1ccc2c(c1)oc1cc(C)ccc12.Cc1ccc2c(c1)sc1cc(C)ccc12.Cc1ccc2c(ccc3cc(C)ccc32)c1. The second-order valence-electron chi connectivity index (χ2n) is 31.3. The molecule has 0 radical (unpaired) electrons. The van der Waals surface area contributed by atoms with Gasteiger partial charge in [-0.15, -0.1) is 11.3 Å². The van der Waals surface area contributed by atoms with Crippen molar-refractivity contribution in [3.63, 3.8) is 0 Å². The fourth-order valence-electron chi connectivity index (χ4n) is 16.2. The van der Waals surface area contributed by atoms with Crippen LogP contribution in [0.1, 0.15) is 125 Å². The Morgan fingerprint density at radius 3 is 0.946 bits per heavy atom. The van der Waals surface area contributed by atoms with Crippen molar-refractivity contribution in [3.05, 3.63) is 402 Å². The van der Waals surface area contributed by atoms with Crippen molar-refractivity contribution in [1.29, 1.82) is 0 Å². The van der Waals surface area contributed by atoms with Crippen LogP contribution in [0.4, 0.5) is 17.6 Å². The van der Waals surface area contributed by atoms with Crippen LogP contribution in [0.15, 0.2) is 277 Å². The Hall–Kier alpha value is -11.7. The molecule has 558 valence electrons. The number of thiophene rings is 1. The number of halogens is 4. The second kappa shape index (κ2) is 31.9. The molecular formula is C106H94F4OS. The molecule has 2 aliphatic carbocycles. The quantitative estimate of drug-likeness (QED) is 0.0691. The minimum atomic E-state index is -1.33. The first-order valence-electron chi connectivity index (χ1n) is 38.5. The molecule has 0 saturated carbocycles. The van der Waals surface area contributed by atoms with Gasteiger partial charge in [-0.1, -0.05) is 296 Å². The van der Waals surface area contributed by atoms with E-state index in [0.29, 0.717) is 5.92 Å². The van der Waals surface area contributed by atoms with Gasteiger partial charge in [0.25, 0.3) is 0 Å². The van der Waals surface area contributed by atoms with E-state index in [1.807, 2.05) is 11.3 Å². The zero-order chi connectivity index (χ0) is 79.1. The Bertz CT molecular complexity index is 6030. The average Bonchev–Trinajstić information content (AvgIpc) is 1.47. The molecule has 1 nitrogen and oxygen atoms in total. The van der Waals surface area contributed by atoms with Gasteiger partial charge in [0.1, 0.15) is 11.2 Å². The molecule has 0 unspecified atom stereocenters. The van der Waals surface area contributed by atoms with Crippen LogP contribution in [-0.4, -0.2) is 0 Å².